The van der Waals surface area contributed by atoms with Crippen LogP contribution in [-0.2, 0) is 14.4 Å². The van der Waals surface area contributed by atoms with Crippen LogP contribution < -0.4 is 5.48 Å². The van der Waals surface area contributed by atoms with E-state index in [1.54, 1.807) is 6.92 Å². The van der Waals surface area contributed by atoms with Crippen molar-refractivity contribution in [3.05, 3.63) is 12.2 Å². The highest BCUT2D eigenvalue weighted by molar-refractivity contribution is 5.91. The molecular formula is C9H15NO3. The van der Waals surface area contributed by atoms with E-state index in [-0.39, 0.29) is 12.2 Å². The van der Waals surface area contributed by atoms with Crippen molar-refractivity contribution in [1.82, 2.24) is 5.48 Å². The molecule has 1 amide bonds. The number of hydrogen-bond acceptors (Lipinski definition) is 3. The lowest BCUT2D eigenvalue weighted by atomic mass is 10.2. The van der Waals surface area contributed by atoms with E-state index in [0.717, 1.165) is 19.3 Å². The summed E-state index contributed by atoms with van der Waals surface area (Å²) in [6, 6.07) is 0. The maximum atomic E-state index is 11.0. The Hall–Kier alpha value is -0.870. The van der Waals surface area contributed by atoms with Crippen molar-refractivity contribution in [2.45, 2.75) is 32.5 Å². The molecule has 1 N–H and O–H groups in total. The van der Waals surface area contributed by atoms with Gasteiger partial charge in [0.1, 0.15) is 0 Å². The lowest BCUT2D eigenvalue weighted by molar-refractivity contribution is -0.198. The van der Waals surface area contributed by atoms with Crippen LogP contribution in [0.5, 0.6) is 0 Å². The van der Waals surface area contributed by atoms with Crippen LogP contribution in [0.4, 0.5) is 0 Å². The molecule has 1 atom stereocenters. The van der Waals surface area contributed by atoms with Gasteiger partial charge in [-0.25, -0.2) is 10.3 Å². The van der Waals surface area contributed by atoms with Gasteiger partial charge in [0.25, 0.3) is 5.91 Å². The first kappa shape index (κ1) is 10.2. The Balaban J connectivity index is 2.17. The molecule has 0 aromatic heterocycles. The zero-order chi connectivity index (χ0) is 9.68. The first-order valence-electron chi connectivity index (χ1n) is 4.43. The van der Waals surface area contributed by atoms with E-state index < -0.39 is 0 Å². The average Bonchev–Trinajstić information content (AvgIpc) is 2.15. The SMILES string of the molecule is C=C(C)C(=O)NOC1CCCCO1. The van der Waals surface area contributed by atoms with Crippen molar-refractivity contribution in [1.29, 1.82) is 0 Å². The minimum absolute atomic E-state index is 0.294. The van der Waals surface area contributed by atoms with E-state index in [1.807, 2.05) is 0 Å². The molecular weight excluding hydrogens is 170 g/mol. The van der Waals surface area contributed by atoms with Crippen LogP contribution in [-0.4, -0.2) is 18.8 Å². The van der Waals surface area contributed by atoms with Crippen LogP contribution in [0.3, 0.4) is 0 Å². The van der Waals surface area contributed by atoms with Crippen LogP contribution in [0, 0.1) is 0 Å². The quantitative estimate of drug-likeness (QED) is 0.529. The third-order valence-corrected chi connectivity index (χ3v) is 1.81. The third kappa shape index (κ3) is 3.57. The highest BCUT2D eigenvalue weighted by Crippen LogP contribution is 2.12. The predicted molar refractivity (Wildman–Crippen MR) is 47.6 cm³/mol. The standard InChI is InChI=1S/C9H15NO3/c1-7(2)9(11)10-13-8-5-3-4-6-12-8/h8H,1,3-6H2,2H3,(H,10,11). The first-order chi connectivity index (χ1) is 6.20. The van der Waals surface area contributed by atoms with E-state index in [0.29, 0.717) is 12.2 Å². The van der Waals surface area contributed by atoms with Gasteiger partial charge >= 0.3 is 0 Å². The second-order valence-electron chi connectivity index (χ2n) is 3.13. The minimum Gasteiger partial charge on any atom is -0.350 e. The summed E-state index contributed by atoms with van der Waals surface area (Å²) in [5.74, 6) is -0.297. The van der Waals surface area contributed by atoms with Crippen molar-refractivity contribution in [3.63, 3.8) is 0 Å². The molecule has 1 rings (SSSR count). The number of hydrogen-bond donors (Lipinski definition) is 1. The van der Waals surface area contributed by atoms with Gasteiger partial charge in [0.05, 0.1) is 0 Å². The van der Waals surface area contributed by atoms with Gasteiger partial charge in [-0.3, -0.25) is 4.79 Å². The summed E-state index contributed by atoms with van der Waals surface area (Å²) in [4.78, 5) is 16.0. The molecule has 1 aliphatic heterocycles. The number of nitrogens with one attached hydrogen (secondary N) is 1. The number of amides is 1. The van der Waals surface area contributed by atoms with Crippen molar-refractivity contribution < 1.29 is 14.4 Å². The molecule has 4 nitrogen and oxygen atoms in total. The maximum absolute atomic E-state index is 11.0. The number of rotatable bonds is 3. The Kier molecular flexibility index (Phi) is 3.92. The molecule has 13 heavy (non-hydrogen) atoms. The zero-order valence-corrected chi connectivity index (χ0v) is 7.84. The Labute approximate surface area is 77.9 Å². The molecule has 0 bridgehead atoms. The van der Waals surface area contributed by atoms with Crippen molar-refractivity contribution in [3.8, 4) is 0 Å². The van der Waals surface area contributed by atoms with Gasteiger partial charge in [-0.1, -0.05) is 6.58 Å². The van der Waals surface area contributed by atoms with Crippen LogP contribution in [0.1, 0.15) is 26.2 Å². The van der Waals surface area contributed by atoms with Crippen molar-refractivity contribution >= 4 is 5.91 Å². The number of carbonyl (C=O) groups excluding carboxylic acids is 1. The van der Waals surface area contributed by atoms with Gasteiger partial charge in [0.15, 0.2) is 6.29 Å². The molecule has 4 heteroatoms. The molecule has 1 saturated heterocycles. The smallest absolute Gasteiger partial charge is 0.269 e. The first-order valence-corrected chi connectivity index (χ1v) is 4.43. The summed E-state index contributed by atoms with van der Waals surface area (Å²) >= 11 is 0. The predicted octanol–water partition coefficient (Wildman–Crippen LogP) is 1.14. The van der Waals surface area contributed by atoms with E-state index in [4.69, 9.17) is 9.57 Å². The average molecular weight is 185 g/mol. The number of hydroxylamine groups is 1. The lowest BCUT2D eigenvalue weighted by Crippen LogP contribution is -2.33. The Morgan fingerprint density at radius 3 is 2.92 bits per heavy atom. The molecule has 1 heterocycles. The fraction of sp³-hybridized carbons (Fsp3) is 0.667. The maximum Gasteiger partial charge on any atom is 0.269 e. The molecule has 0 aliphatic carbocycles. The van der Waals surface area contributed by atoms with Crippen LogP contribution in [0.2, 0.25) is 0 Å². The van der Waals surface area contributed by atoms with Gasteiger partial charge in [-0.05, 0) is 19.8 Å². The Bertz CT molecular complexity index is 197. The molecule has 1 unspecified atom stereocenters. The van der Waals surface area contributed by atoms with Gasteiger partial charge in [-0.15, -0.1) is 0 Å². The largest absolute Gasteiger partial charge is 0.350 e. The normalized spacial score (nSPS) is 22.4. The Morgan fingerprint density at radius 1 is 1.62 bits per heavy atom. The minimum atomic E-state index is -0.297. The van der Waals surface area contributed by atoms with Crippen LogP contribution in [0.15, 0.2) is 12.2 Å². The van der Waals surface area contributed by atoms with Gasteiger partial charge in [0.2, 0.25) is 0 Å². The van der Waals surface area contributed by atoms with Gasteiger partial charge in [-0.2, -0.15) is 0 Å². The van der Waals surface area contributed by atoms with Crippen LogP contribution >= 0.6 is 0 Å². The van der Waals surface area contributed by atoms with E-state index in [2.05, 4.69) is 12.1 Å². The summed E-state index contributed by atoms with van der Waals surface area (Å²) in [6.45, 7) is 5.81. The zero-order valence-electron chi connectivity index (χ0n) is 7.84. The highest BCUT2D eigenvalue weighted by atomic mass is 16.8. The molecule has 74 valence electrons. The number of carbonyl (C=O) groups is 1. The van der Waals surface area contributed by atoms with Gasteiger partial charge < -0.3 is 4.74 Å². The molecule has 0 spiro atoms. The van der Waals surface area contributed by atoms with Gasteiger partial charge in [0, 0.05) is 18.6 Å². The highest BCUT2D eigenvalue weighted by Gasteiger charge is 2.15. The second kappa shape index (κ2) is 4.99. The van der Waals surface area contributed by atoms with Crippen molar-refractivity contribution in [2.24, 2.45) is 0 Å². The second-order valence-corrected chi connectivity index (χ2v) is 3.13. The molecule has 0 saturated carbocycles. The molecule has 0 aromatic rings. The summed E-state index contributed by atoms with van der Waals surface area (Å²) in [7, 11) is 0. The Morgan fingerprint density at radius 2 is 2.38 bits per heavy atom. The lowest BCUT2D eigenvalue weighted by Gasteiger charge is -2.21. The molecule has 0 radical (unpaired) electrons. The summed E-state index contributed by atoms with van der Waals surface area (Å²) < 4.78 is 5.24. The topological polar surface area (TPSA) is 47.6 Å². The molecule has 1 aliphatic rings. The van der Waals surface area contributed by atoms with E-state index in [1.165, 1.54) is 0 Å². The molecule has 0 aromatic carbocycles. The van der Waals surface area contributed by atoms with Crippen molar-refractivity contribution in [2.75, 3.05) is 6.61 Å². The summed E-state index contributed by atoms with van der Waals surface area (Å²) in [5.41, 5.74) is 2.72. The van der Waals surface area contributed by atoms with Crippen LogP contribution in [0.25, 0.3) is 0 Å². The third-order valence-electron chi connectivity index (χ3n) is 1.81. The number of ether oxygens (including phenoxy) is 1. The van der Waals surface area contributed by atoms with E-state index >= 15 is 0 Å². The fourth-order valence-corrected chi connectivity index (χ4v) is 1.01. The van der Waals surface area contributed by atoms with E-state index in [9.17, 15) is 4.79 Å². The monoisotopic (exact) mass is 185 g/mol. The fourth-order valence-electron chi connectivity index (χ4n) is 1.01. The summed E-state index contributed by atoms with van der Waals surface area (Å²) in [6.07, 6.45) is 2.68. The molecule has 1 fully saturated rings. The summed E-state index contributed by atoms with van der Waals surface area (Å²) in [5, 5.41) is 0.